The molecule has 0 aromatic heterocycles. The van der Waals surface area contributed by atoms with E-state index in [1.54, 1.807) is 0 Å². The molecule has 0 bridgehead atoms. The van der Waals surface area contributed by atoms with E-state index in [2.05, 4.69) is 17.6 Å². The largest absolute Gasteiger partial charge is 0.378 e. The number of amides is 2. The molecule has 2 atom stereocenters. The van der Waals surface area contributed by atoms with Gasteiger partial charge < -0.3 is 21.1 Å². The summed E-state index contributed by atoms with van der Waals surface area (Å²) in [4.78, 5) is 11.9. The van der Waals surface area contributed by atoms with Gasteiger partial charge in [-0.3, -0.25) is 0 Å². The van der Waals surface area contributed by atoms with Crippen molar-refractivity contribution in [3.8, 4) is 0 Å². The third-order valence-electron chi connectivity index (χ3n) is 3.69. The van der Waals surface area contributed by atoms with Crippen LogP contribution >= 0.6 is 0 Å². The number of rotatable bonds is 5. The number of ether oxygens (including phenoxy) is 1. The first-order chi connectivity index (χ1) is 9.72. The van der Waals surface area contributed by atoms with Crippen LogP contribution < -0.4 is 16.4 Å². The fourth-order valence-corrected chi connectivity index (χ4v) is 2.55. The molecule has 0 spiro atoms. The van der Waals surface area contributed by atoms with Gasteiger partial charge in [0, 0.05) is 31.3 Å². The number of hydrogen-bond donors (Lipinski definition) is 3. The Kier molecular flexibility index (Phi) is 5.38. The quantitative estimate of drug-likeness (QED) is 0.771. The molecule has 4 N–H and O–H groups in total. The second-order valence-corrected chi connectivity index (χ2v) is 5.11. The number of urea groups is 1. The lowest BCUT2D eigenvalue weighted by atomic mass is 10.00. The van der Waals surface area contributed by atoms with Crippen LogP contribution in [0, 0.1) is 5.92 Å². The van der Waals surface area contributed by atoms with Crippen molar-refractivity contribution in [1.82, 2.24) is 5.32 Å². The van der Waals surface area contributed by atoms with Gasteiger partial charge in [0.1, 0.15) is 0 Å². The Morgan fingerprint density at radius 1 is 1.50 bits per heavy atom. The van der Waals surface area contributed by atoms with E-state index in [0.717, 1.165) is 30.7 Å². The molecule has 5 nitrogen and oxygen atoms in total. The van der Waals surface area contributed by atoms with Gasteiger partial charge >= 0.3 is 6.03 Å². The first kappa shape index (κ1) is 14.8. The summed E-state index contributed by atoms with van der Waals surface area (Å²) < 4.78 is 5.61. The molecule has 1 saturated heterocycles. The number of nitrogens with two attached hydrogens (primary N) is 1. The highest BCUT2D eigenvalue weighted by atomic mass is 16.5. The molecule has 5 heteroatoms. The van der Waals surface area contributed by atoms with E-state index >= 15 is 0 Å². The lowest BCUT2D eigenvalue weighted by Gasteiger charge is -2.17. The van der Waals surface area contributed by atoms with Crippen molar-refractivity contribution in [3.63, 3.8) is 0 Å². The van der Waals surface area contributed by atoms with Gasteiger partial charge in [0.25, 0.3) is 0 Å². The van der Waals surface area contributed by atoms with Gasteiger partial charge in [-0.15, -0.1) is 0 Å². The topological polar surface area (TPSA) is 76.4 Å². The van der Waals surface area contributed by atoms with Crippen molar-refractivity contribution in [2.45, 2.75) is 32.4 Å². The van der Waals surface area contributed by atoms with E-state index in [9.17, 15) is 4.79 Å². The molecule has 2 rings (SSSR count). The minimum Gasteiger partial charge on any atom is -0.378 e. The van der Waals surface area contributed by atoms with E-state index in [4.69, 9.17) is 10.5 Å². The van der Waals surface area contributed by atoms with Crippen LogP contribution in [0.15, 0.2) is 24.3 Å². The highest BCUT2D eigenvalue weighted by Crippen LogP contribution is 2.22. The van der Waals surface area contributed by atoms with Gasteiger partial charge in [-0.25, -0.2) is 4.79 Å². The van der Waals surface area contributed by atoms with Crippen LogP contribution in [0.1, 0.15) is 25.3 Å². The molecule has 1 fully saturated rings. The smallest absolute Gasteiger partial charge is 0.319 e. The first-order valence-corrected chi connectivity index (χ1v) is 7.18. The van der Waals surface area contributed by atoms with Gasteiger partial charge in [0.05, 0.1) is 6.10 Å². The third-order valence-corrected chi connectivity index (χ3v) is 3.69. The number of nitrogens with one attached hydrogen (secondary N) is 2. The molecular formula is C15H23N3O2. The van der Waals surface area contributed by atoms with Crippen molar-refractivity contribution in [2.75, 3.05) is 18.5 Å². The maximum atomic E-state index is 11.9. The molecule has 20 heavy (non-hydrogen) atoms. The van der Waals surface area contributed by atoms with E-state index in [1.165, 1.54) is 0 Å². The molecule has 1 heterocycles. The van der Waals surface area contributed by atoms with Crippen molar-refractivity contribution in [1.29, 1.82) is 0 Å². The summed E-state index contributed by atoms with van der Waals surface area (Å²) in [6.07, 6.45) is 2.28. The monoisotopic (exact) mass is 277 g/mol. The number of anilines is 1. The molecule has 1 aliphatic rings. The van der Waals surface area contributed by atoms with Gasteiger partial charge in [-0.05, 0) is 30.5 Å². The normalized spacial score (nSPS) is 21.7. The highest BCUT2D eigenvalue weighted by molar-refractivity contribution is 5.89. The number of carbonyl (C=O) groups is 1. The zero-order valence-electron chi connectivity index (χ0n) is 11.9. The number of carbonyl (C=O) groups excluding carboxylic acids is 1. The second kappa shape index (κ2) is 7.26. The first-order valence-electron chi connectivity index (χ1n) is 7.18. The zero-order chi connectivity index (χ0) is 14.4. The summed E-state index contributed by atoms with van der Waals surface area (Å²) in [6, 6.07) is 7.38. The fourth-order valence-electron chi connectivity index (χ4n) is 2.55. The predicted molar refractivity (Wildman–Crippen MR) is 79.5 cm³/mol. The molecule has 1 aromatic rings. The van der Waals surface area contributed by atoms with Gasteiger partial charge in [-0.1, -0.05) is 19.1 Å². The summed E-state index contributed by atoms with van der Waals surface area (Å²) in [5, 5.41) is 5.74. The zero-order valence-corrected chi connectivity index (χ0v) is 11.9. The molecular weight excluding hydrogens is 254 g/mol. The Morgan fingerprint density at radius 2 is 2.35 bits per heavy atom. The van der Waals surface area contributed by atoms with Crippen LogP contribution in [-0.2, 0) is 11.3 Å². The van der Waals surface area contributed by atoms with Crippen molar-refractivity contribution in [3.05, 3.63) is 29.8 Å². The molecule has 0 radical (unpaired) electrons. The molecule has 2 amide bonds. The Bertz CT molecular complexity index is 450. The Morgan fingerprint density at radius 3 is 3.10 bits per heavy atom. The predicted octanol–water partition coefficient (Wildman–Crippen LogP) is 2.08. The van der Waals surface area contributed by atoms with Crippen molar-refractivity contribution >= 4 is 11.7 Å². The van der Waals surface area contributed by atoms with Crippen molar-refractivity contribution < 1.29 is 9.53 Å². The lowest BCUT2D eigenvalue weighted by molar-refractivity contribution is 0.0879. The number of hydrogen-bond acceptors (Lipinski definition) is 3. The lowest BCUT2D eigenvalue weighted by Crippen LogP contribution is -2.35. The average molecular weight is 277 g/mol. The van der Waals surface area contributed by atoms with Crippen LogP contribution in [0.3, 0.4) is 0 Å². The molecule has 1 aliphatic heterocycles. The SMILES string of the molecule is CCC1OCCC1CNC(=O)Nc1cccc(CN)c1. The van der Waals surface area contributed by atoms with Crippen LogP contribution in [0.4, 0.5) is 10.5 Å². The molecule has 0 saturated carbocycles. The minimum atomic E-state index is -0.180. The Hall–Kier alpha value is -1.59. The van der Waals surface area contributed by atoms with E-state index in [-0.39, 0.29) is 12.1 Å². The average Bonchev–Trinajstić information content (AvgIpc) is 2.93. The third kappa shape index (κ3) is 3.95. The van der Waals surface area contributed by atoms with Crippen LogP contribution in [-0.4, -0.2) is 25.3 Å². The molecule has 0 aliphatic carbocycles. The maximum absolute atomic E-state index is 11.9. The van der Waals surface area contributed by atoms with Gasteiger partial charge in [-0.2, -0.15) is 0 Å². The summed E-state index contributed by atoms with van der Waals surface area (Å²) in [7, 11) is 0. The second-order valence-electron chi connectivity index (χ2n) is 5.11. The Labute approximate surface area is 119 Å². The summed E-state index contributed by atoms with van der Waals surface area (Å²) in [5.74, 6) is 0.418. The van der Waals surface area contributed by atoms with Gasteiger partial charge in [0.2, 0.25) is 0 Å². The molecule has 1 aromatic carbocycles. The highest BCUT2D eigenvalue weighted by Gasteiger charge is 2.26. The Balaban J connectivity index is 1.80. The van der Waals surface area contributed by atoms with Crippen molar-refractivity contribution in [2.24, 2.45) is 11.7 Å². The maximum Gasteiger partial charge on any atom is 0.319 e. The summed E-state index contributed by atoms with van der Waals surface area (Å²) in [6.45, 7) is 4.03. The standard InChI is InChI=1S/C15H23N3O2/c1-2-14-12(6-7-20-14)10-17-15(19)18-13-5-3-4-11(8-13)9-16/h3-5,8,12,14H,2,6-7,9-10,16H2,1H3,(H2,17,18,19). The minimum absolute atomic E-state index is 0.180. The number of benzene rings is 1. The van der Waals surface area contributed by atoms with E-state index in [1.807, 2.05) is 24.3 Å². The van der Waals surface area contributed by atoms with Gasteiger partial charge in [0.15, 0.2) is 0 Å². The fraction of sp³-hybridized carbons (Fsp3) is 0.533. The summed E-state index contributed by atoms with van der Waals surface area (Å²) >= 11 is 0. The van der Waals surface area contributed by atoms with Crippen LogP contribution in [0.2, 0.25) is 0 Å². The molecule has 2 unspecified atom stereocenters. The summed E-state index contributed by atoms with van der Waals surface area (Å²) in [5.41, 5.74) is 7.34. The van der Waals surface area contributed by atoms with Crippen LogP contribution in [0.5, 0.6) is 0 Å². The van der Waals surface area contributed by atoms with E-state index in [0.29, 0.717) is 19.0 Å². The molecule has 110 valence electrons. The van der Waals surface area contributed by atoms with E-state index < -0.39 is 0 Å². The van der Waals surface area contributed by atoms with Crippen LogP contribution in [0.25, 0.3) is 0 Å².